The molecule has 0 N–H and O–H groups in total. The molecule has 0 unspecified atom stereocenters. The van der Waals surface area contributed by atoms with Crippen LogP contribution in [0.4, 0.5) is 0 Å². The molecule has 0 bridgehead atoms. The van der Waals surface area contributed by atoms with E-state index < -0.39 is 10.0 Å². The molecule has 4 rings (SSSR count). The highest BCUT2D eigenvalue weighted by Crippen LogP contribution is 2.35. The van der Waals surface area contributed by atoms with Crippen molar-refractivity contribution in [3.05, 3.63) is 64.1 Å². The van der Waals surface area contributed by atoms with Gasteiger partial charge >= 0.3 is 5.69 Å². The van der Waals surface area contributed by atoms with E-state index in [0.717, 1.165) is 18.4 Å². The van der Waals surface area contributed by atoms with E-state index in [-0.39, 0.29) is 16.6 Å². The summed E-state index contributed by atoms with van der Waals surface area (Å²) in [7, 11) is 1.46. The van der Waals surface area contributed by atoms with Gasteiger partial charge < -0.3 is 0 Å². The summed E-state index contributed by atoms with van der Waals surface area (Å²) < 4.78 is 29.8. The summed E-state index contributed by atoms with van der Waals surface area (Å²) in [6, 6.07) is 13.6. The van der Waals surface area contributed by atoms with Crippen molar-refractivity contribution >= 4 is 21.1 Å². The highest BCUT2D eigenvalue weighted by molar-refractivity contribution is 7.89. The normalized spacial score (nSPS) is 16.7. The van der Waals surface area contributed by atoms with Crippen molar-refractivity contribution in [2.24, 2.45) is 0 Å². The second-order valence-corrected chi connectivity index (χ2v) is 10.2. The van der Waals surface area contributed by atoms with Gasteiger partial charge in [0.05, 0.1) is 22.6 Å². The Kier molecular flexibility index (Phi) is 5.34. The topological polar surface area (TPSA) is 67.5 Å². The number of fused-ring (bicyclic) bond motifs is 2. The number of sulfonamides is 1. The van der Waals surface area contributed by atoms with Crippen molar-refractivity contribution < 1.29 is 8.42 Å². The Morgan fingerprint density at radius 3 is 2.47 bits per heavy atom. The average molecular weight is 429 g/mol. The van der Waals surface area contributed by atoms with Gasteiger partial charge in [0.1, 0.15) is 0 Å². The molecule has 0 aliphatic heterocycles. The summed E-state index contributed by atoms with van der Waals surface area (Å²) in [5, 5.41) is 0. The number of hydrogen-bond acceptors (Lipinski definition) is 4. The molecule has 0 saturated carbocycles. The Labute approximate surface area is 177 Å². The number of benzene rings is 2. The summed E-state index contributed by atoms with van der Waals surface area (Å²) in [6.45, 7) is 2.84. The van der Waals surface area contributed by atoms with Crippen LogP contribution in [0.1, 0.15) is 30.5 Å². The van der Waals surface area contributed by atoms with Crippen molar-refractivity contribution in [2.45, 2.75) is 43.9 Å². The molecule has 1 atom stereocenters. The molecular weight excluding hydrogens is 400 g/mol. The van der Waals surface area contributed by atoms with Gasteiger partial charge in [-0.1, -0.05) is 24.3 Å². The zero-order chi connectivity index (χ0) is 21.6. The van der Waals surface area contributed by atoms with Gasteiger partial charge in [0.2, 0.25) is 10.0 Å². The molecule has 1 aliphatic rings. The fourth-order valence-corrected chi connectivity index (χ4v) is 5.35. The monoisotopic (exact) mass is 428 g/mol. The third kappa shape index (κ3) is 3.29. The van der Waals surface area contributed by atoms with E-state index in [0.29, 0.717) is 18.7 Å². The lowest BCUT2D eigenvalue weighted by Crippen LogP contribution is -2.32. The number of aromatic nitrogens is 2. The Bertz CT molecular complexity index is 1260. The number of rotatable bonds is 6. The van der Waals surface area contributed by atoms with Crippen LogP contribution in [0.5, 0.6) is 0 Å². The van der Waals surface area contributed by atoms with E-state index in [1.165, 1.54) is 29.5 Å². The van der Waals surface area contributed by atoms with E-state index in [4.69, 9.17) is 0 Å². The zero-order valence-electron chi connectivity index (χ0n) is 17.9. The molecule has 1 aliphatic carbocycles. The molecule has 1 aromatic heterocycles. The van der Waals surface area contributed by atoms with Crippen LogP contribution >= 0.6 is 0 Å². The minimum atomic E-state index is -3.58. The first-order valence-corrected chi connectivity index (χ1v) is 11.6. The maximum absolute atomic E-state index is 13.1. The Balaban J connectivity index is 1.78. The lowest BCUT2D eigenvalue weighted by atomic mass is 10.1. The molecule has 0 amide bonds. The molecule has 7 nitrogen and oxygen atoms in total. The number of imidazole rings is 1. The van der Waals surface area contributed by atoms with Gasteiger partial charge in [-0.15, -0.1) is 0 Å². The molecule has 30 heavy (non-hydrogen) atoms. The average Bonchev–Trinajstić information content (AvgIpc) is 3.26. The maximum atomic E-state index is 13.1. The van der Waals surface area contributed by atoms with Crippen LogP contribution in [0.15, 0.2) is 52.2 Å². The smallest absolute Gasteiger partial charge is 0.292 e. The van der Waals surface area contributed by atoms with Crippen molar-refractivity contribution in [2.75, 3.05) is 21.1 Å². The first kappa shape index (κ1) is 20.8. The second-order valence-electron chi connectivity index (χ2n) is 8.04. The maximum Gasteiger partial charge on any atom is 0.330 e. The third-order valence-corrected chi connectivity index (χ3v) is 7.89. The van der Waals surface area contributed by atoms with Crippen LogP contribution in [0.2, 0.25) is 0 Å². The van der Waals surface area contributed by atoms with Gasteiger partial charge in [0.15, 0.2) is 0 Å². The van der Waals surface area contributed by atoms with E-state index in [1.54, 1.807) is 27.3 Å². The number of aryl methyl sites for hydroxylation is 2. The molecule has 0 radical (unpaired) electrons. The summed E-state index contributed by atoms with van der Waals surface area (Å²) in [5.74, 6) is 0. The zero-order valence-corrected chi connectivity index (χ0v) is 18.7. The first-order chi connectivity index (χ1) is 14.3. The molecule has 0 saturated heterocycles. The van der Waals surface area contributed by atoms with Crippen molar-refractivity contribution in [3.8, 4) is 0 Å². The summed E-state index contributed by atoms with van der Waals surface area (Å²) in [5.41, 5.74) is 3.94. The SMILES string of the molecule is CCn1c(=O)n(CN(C)[C@H]2CCc3ccccc32)c2cc(S(=O)(=O)N(C)C)ccc21. The Morgan fingerprint density at radius 2 is 1.77 bits per heavy atom. The molecular formula is C22H28N4O3S. The van der Waals surface area contributed by atoms with Crippen molar-refractivity contribution in [3.63, 3.8) is 0 Å². The fraction of sp³-hybridized carbons (Fsp3) is 0.409. The predicted octanol–water partition coefficient (Wildman–Crippen LogP) is 2.65. The van der Waals surface area contributed by atoms with Gasteiger partial charge in [0, 0.05) is 26.7 Å². The minimum Gasteiger partial charge on any atom is -0.292 e. The summed E-state index contributed by atoms with van der Waals surface area (Å²) in [4.78, 5) is 15.5. The second kappa shape index (κ2) is 7.68. The summed E-state index contributed by atoms with van der Waals surface area (Å²) in [6.07, 6.45) is 2.04. The molecule has 0 fully saturated rings. The van der Waals surface area contributed by atoms with Gasteiger partial charge in [0.25, 0.3) is 0 Å². The van der Waals surface area contributed by atoms with E-state index >= 15 is 0 Å². The largest absolute Gasteiger partial charge is 0.330 e. The van der Waals surface area contributed by atoms with Crippen LogP contribution in [0.3, 0.4) is 0 Å². The Morgan fingerprint density at radius 1 is 1.03 bits per heavy atom. The van der Waals surface area contributed by atoms with Crippen LogP contribution in [-0.2, 0) is 29.7 Å². The quantitative estimate of drug-likeness (QED) is 0.605. The summed E-state index contributed by atoms with van der Waals surface area (Å²) >= 11 is 0. The highest BCUT2D eigenvalue weighted by atomic mass is 32.2. The van der Waals surface area contributed by atoms with E-state index in [1.807, 2.05) is 14.0 Å². The Hall–Kier alpha value is -2.42. The molecule has 3 aromatic rings. The lowest BCUT2D eigenvalue weighted by molar-refractivity contribution is 0.193. The molecule has 1 heterocycles. The van der Waals surface area contributed by atoms with Crippen LogP contribution in [0.25, 0.3) is 11.0 Å². The molecule has 160 valence electrons. The minimum absolute atomic E-state index is 0.120. The standard InChI is InChI=1S/C22H28N4O3S/c1-5-25-20-13-11-17(30(28,29)23(2)3)14-21(20)26(22(25)27)15-24(4)19-12-10-16-8-6-7-9-18(16)19/h6-9,11,13-14,19H,5,10,12,15H2,1-4H3/t19-/m0/s1. The van der Waals surface area contributed by atoms with Gasteiger partial charge in [-0.2, -0.15) is 0 Å². The van der Waals surface area contributed by atoms with Gasteiger partial charge in [-0.05, 0) is 56.1 Å². The van der Waals surface area contributed by atoms with Gasteiger partial charge in [-0.3, -0.25) is 14.0 Å². The highest BCUT2D eigenvalue weighted by Gasteiger charge is 2.27. The van der Waals surface area contributed by atoms with Crippen LogP contribution in [0, 0.1) is 0 Å². The van der Waals surface area contributed by atoms with Crippen molar-refractivity contribution in [1.82, 2.24) is 18.3 Å². The molecule has 0 spiro atoms. The molecule has 2 aromatic carbocycles. The fourth-order valence-electron chi connectivity index (χ4n) is 4.43. The number of nitrogens with zero attached hydrogens (tertiary/aromatic N) is 4. The third-order valence-electron chi connectivity index (χ3n) is 6.08. The van der Waals surface area contributed by atoms with Crippen LogP contribution < -0.4 is 5.69 Å². The lowest BCUT2D eigenvalue weighted by Gasteiger charge is -2.25. The first-order valence-electron chi connectivity index (χ1n) is 10.2. The van der Waals surface area contributed by atoms with E-state index in [2.05, 4.69) is 29.2 Å². The van der Waals surface area contributed by atoms with E-state index in [9.17, 15) is 13.2 Å². The van der Waals surface area contributed by atoms with Gasteiger partial charge in [-0.25, -0.2) is 17.5 Å². The predicted molar refractivity (Wildman–Crippen MR) is 118 cm³/mol. The van der Waals surface area contributed by atoms with Crippen LogP contribution in [-0.4, -0.2) is 47.9 Å². The molecule has 8 heteroatoms. The number of hydrogen-bond donors (Lipinski definition) is 0. The van der Waals surface area contributed by atoms with Crippen molar-refractivity contribution in [1.29, 1.82) is 0 Å².